The number of aromatic nitrogens is 2. The van der Waals surface area contributed by atoms with E-state index in [1.165, 1.54) is 23.8 Å². The van der Waals surface area contributed by atoms with E-state index in [1.54, 1.807) is 0 Å². The maximum absolute atomic E-state index is 4.59. The Labute approximate surface area is 108 Å². The molecule has 0 unspecified atom stereocenters. The molecule has 0 bridgehead atoms. The van der Waals surface area contributed by atoms with E-state index in [0.717, 1.165) is 24.5 Å². The highest BCUT2D eigenvalue weighted by atomic mass is 15.3. The number of nitrogens with zero attached hydrogens (tertiary/aromatic N) is 2. The van der Waals surface area contributed by atoms with Crippen LogP contribution >= 0.6 is 0 Å². The molecular formula is C15H21N3. The minimum Gasteiger partial charge on any atom is -0.310 e. The van der Waals surface area contributed by atoms with Gasteiger partial charge in [-0.15, -0.1) is 0 Å². The molecule has 1 aromatic heterocycles. The molecule has 0 amide bonds. The molecule has 0 aliphatic carbocycles. The van der Waals surface area contributed by atoms with E-state index in [2.05, 4.69) is 48.7 Å². The van der Waals surface area contributed by atoms with E-state index in [0.29, 0.717) is 6.04 Å². The summed E-state index contributed by atoms with van der Waals surface area (Å²) >= 11 is 0. The minimum atomic E-state index is 0.511. The summed E-state index contributed by atoms with van der Waals surface area (Å²) in [7, 11) is 0. The molecule has 18 heavy (non-hydrogen) atoms. The number of nitrogens with one attached hydrogen (secondary N) is 1. The molecule has 3 heteroatoms. The number of fused-ring (bicyclic) bond motifs is 1. The molecule has 0 spiro atoms. The second-order valence-corrected chi connectivity index (χ2v) is 5.45. The maximum atomic E-state index is 4.59. The van der Waals surface area contributed by atoms with E-state index in [4.69, 9.17) is 0 Å². The molecule has 1 aliphatic rings. The molecular weight excluding hydrogens is 222 g/mol. The van der Waals surface area contributed by atoms with Crippen LogP contribution in [0.4, 0.5) is 0 Å². The largest absolute Gasteiger partial charge is 0.310 e. The zero-order valence-electron chi connectivity index (χ0n) is 11.2. The lowest BCUT2D eigenvalue weighted by molar-refractivity contribution is 0.333. The average molecular weight is 243 g/mol. The molecule has 1 aromatic carbocycles. The van der Waals surface area contributed by atoms with Crippen molar-refractivity contribution in [2.24, 2.45) is 5.92 Å². The van der Waals surface area contributed by atoms with Crippen molar-refractivity contribution < 1.29 is 0 Å². The molecule has 3 nitrogen and oxygen atoms in total. The topological polar surface area (TPSA) is 29.9 Å². The Morgan fingerprint density at radius 2 is 2.28 bits per heavy atom. The van der Waals surface area contributed by atoms with Gasteiger partial charge >= 0.3 is 0 Å². The van der Waals surface area contributed by atoms with Crippen LogP contribution in [0.5, 0.6) is 0 Å². The summed E-state index contributed by atoms with van der Waals surface area (Å²) in [4.78, 5) is 0. The van der Waals surface area contributed by atoms with Gasteiger partial charge in [0.05, 0.1) is 5.52 Å². The first kappa shape index (κ1) is 11.7. The fourth-order valence-corrected chi connectivity index (χ4v) is 2.75. The fraction of sp³-hybridized carbons (Fsp3) is 0.533. The average Bonchev–Trinajstić information content (AvgIpc) is 2.81. The standard InChI is InChI=1S/C15H21N3/c1-3-18-10-13-6-5-12(8-15(13)17-18)14-7-4-11(2)9-16-14/h5-6,8,10-11,14,16H,3-4,7,9H2,1-2H3/t11-,14+/m0/s1. The smallest absolute Gasteiger partial charge is 0.0926 e. The van der Waals surface area contributed by atoms with Crippen LogP contribution in [-0.2, 0) is 6.54 Å². The predicted octanol–water partition coefficient (Wildman–Crippen LogP) is 3.12. The van der Waals surface area contributed by atoms with Gasteiger partial charge in [-0.2, -0.15) is 5.10 Å². The summed E-state index contributed by atoms with van der Waals surface area (Å²) < 4.78 is 2.00. The van der Waals surface area contributed by atoms with Gasteiger partial charge in [-0.25, -0.2) is 0 Å². The summed E-state index contributed by atoms with van der Waals surface area (Å²) in [5.74, 6) is 0.810. The summed E-state index contributed by atoms with van der Waals surface area (Å²) in [6.07, 6.45) is 4.68. The molecule has 1 aliphatic heterocycles. The summed E-state index contributed by atoms with van der Waals surface area (Å²) in [6.45, 7) is 6.50. The number of aryl methyl sites for hydroxylation is 1. The Morgan fingerprint density at radius 1 is 1.39 bits per heavy atom. The van der Waals surface area contributed by atoms with Gasteiger partial charge in [0.15, 0.2) is 0 Å². The van der Waals surface area contributed by atoms with Crippen molar-refractivity contribution in [3.05, 3.63) is 30.0 Å². The monoisotopic (exact) mass is 243 g/mol. The van der Waals surface area contributed by atoms with Gasteiger partial charge in [-0.3, -0.25) is 4.68 Å². The zero-order chi connectivity index (χ0) is 12.5. The maximum Gasteiger partial charge on any atom is 0.0926 e. The van der Waals surface area contributed by atoms with E-state index in [-0.39, 0.29) is 0 Å². The number of rotatable bonds is 2. The van der Waals surface area contributed by atoms with E-state index in [1.807, 2.05) is 4.68 Å². The van der Waals surface area contributed by atoms with Crippen LogP contribution < -0.4 is 5.32 Å². The number of piperidine rings is 1. The van der Waals surface area contributed by atoms with Crippen LogP contribution in [0.3, 0.4) is 0 Å². The molecule has 1 saturated heterocycles. The zero-order valence-corrected chi connectivity index (χ0v) is 11.2. The van der Waals surface area contributed by atoms with Crippen molar-refractivity contribution in [1.82, 2.24) is 15.1 Å². The normalized spacial score (nSPS) is 24.6. The third-order valence-corrected chi connectivity index (χ3v) is 3.97. The lowest BCUT2D eigenvalue weighted by atomic mass is 9.92. The van der Waals surface area contributed by atoms with Gasteiger partial charge in [-0.1, -0.05) is 19.1 Å². The van der Waals surface area contributed by atoms with Crippen molar-refractivity contribution in [3.63, 3.8) is 0 Å². The highest BCUT2D eigenvalue weighted by Gasteiger charge is 2.19. The Balaban J connectivity index is 1.88. The molecule has 2 atom stereocenters. The van der Waals surface area contributed by atoms with Crippen LogP contribution in [0.2, 0.25) is 0 Å². The first-order chi connectivity index (χ1) is 8.76. The number of hydrogen-bond acceptors (Lipinski definition) is 2. The highest BCUT2D eigenvalue weighted by Crippen LogP contribution is 2.27. The lowest BCUT2D eigenvalue weighted by Crippen LogP contribution is -2.31. The number of hydrogen-bond donors (Lipinski definition) is 1. The molecule has 1 N–H and O–H groups in total. The fourth-order valence-electron chi connectivity index (χ4n) is 2.75. The molecule has 3 rings (SSSR count). The minimum absolute atomic E-state index is 0.511. The third-order valence-electron chi connectivity index (χ3n) is 3.97. The van der Waals surface area contributed by atoms with Crippen molar-refractivity contribution in [2.45, 2.75) is 39.3 Å². The first-order valence-electron chi connectivity index (χ1n) is 6.96. The first-order valence-corrected chi connectivity index (χ1v) is 6.96. The summed E-state index contributed by atoms with van der Waals surface area (Å²) in [6, 6.07) is 7.20. The summed E-state index contributed by atoms with van der Waals surface area (Å²) in [5.41, 5.74) is 2.51. The van der Waals surface area contributed by atoms with Crippen LogP contribution in [-0.4, -0.2) is 16.3 Å². The van der Waals surface area contributed by atoms with Gasteiger partial charge in [0.25, 0.3) is 0 Å². The van der Waals surface area contributed by atoms with Crippen LogP contribution in [0.15, 0.2) is 24.4 Å². The van der Waals surface area contributed by atoms with Crippen LogP contribution in [0, 0.1) is 5.92 Å². The van der Waals surface area contributed by atoms with E-state index in [9.17, 15) is 0 Å². The molecule has 2 heterocycles. The quantitative estimate of drug-likeness (QED) is 0.878. The van der Waals surface area contributed by atoms with Gasteiger partial charge in [-0.05, 0) is 43.9 Å². The predicted molar refractivity (Wildman–Crippen MR) is 74.5 cm³/mol. The molecule has 1 fully saturated rings. The highest BCUT2D eigenvalue weighted by molar-refractivity contribution is 5.78. The van der Waals surface area contributed by atoms with Crippen molar-refractivity contribution >= 4 is 10.9 Å². The number of benzene rings is 1. The van der Waals surface area contributed by atoms with Crippen molar-refractivity contribution in [3.8, 4) is 0 Å². The SMILES string of the molecule is CCn1cc2ccc([C@H]3CC[C@H](C)CN3)cc2n1. The second-order valence-electron chi connectivity index (χ2n) is 5.45. The van der Waals surface area contributed by atoms with Gasteiger partial charge in [0, 0.05) is 24.2 Å². The second kappa shape index (κ2) is 4.73. The molecule has 0 saturated carbocycles. The van der Waals surface area contributed by atoms with Crippen LogP contribution in [0.1, 0.15) is 38.3 Å². The lowest BCUT2D eigenvalue weighted by Gasteiger charge is -2.28. The van der Waals surface area contributed by atoms with Crippen LogP contribution in [0.25, 0.3) is 10.9 Å². The van der Waals surface area contributed by atoms with Crippen molar-refractivity contribution in [1.29, 1.82) is 0 Å². The van der Waals surface area contributed by atoms with E-state index >= 15 is 0 Å². The van der Waals surface area contributed by atoms with Gasteiger partial charge in [0.1, 0.15) is 0 Å². The molecule has 0 radical (unpaired) electrons. The van der Waals surface area contributed by atoms with Gasteiger partial charge in [0.2, 0.25) is 0 Å². The van der Waals surface area contributed by atoms with E-state index < -0.39 is 0 Å². The third kappa shape index (κ3) is 2.15. The van der Waals surface area contributed by atoms with Gasteiger partial charge < -0.3 is 5.32 Å². The van der Waals surface area contributed by atoms with Crippen molar-refractivity contribution in [2.75, 3.05) is 6.54 Å². The Morgan fingerprint density at radius 3 is 3.00 bits per heavy atom. The Hall–Kier alpha value is -1.35. The molecule has 2 aromatic rings. The molecule has 96 valence electrons. The Kier molecular flexibility index (Phi) is 3.08. The Bertz CT molecular complexity index is 536. The summed E-state index contributed by atoms with van der Waals surface area (Å²) in [5, 5.41) is 9.47.